The number of aromatic nitrogens is 1. The van der Waals surface area contributed by atoms with Gasteiger partial charge in [0.2, 0.25) is 11.8 Å². The van der Waals surface area contributed by atoms with Crippen molar-refractivity contribution in [1.29, 1.82) is 0 Å². The van der Waals surface area contributed by atoms with Crippen molar-refractivity contribution in [2.45, 2.75) is 58.2 Å². The molecule has 1 aromatic heterocycles. The van der Waals surface area contributed by atoms with Crippen LogP contribution in [0.1, 0.15) is 52.9 Å². The number of pyridine rings is 1. The van der Waals surface area contributed by atoms with Crippen LogP contribution in [0.5, 0.6) is 0 Å². The van der Waals surface area contributed by atoms with Crippen molar-refractivity contribution < 1.29 is 14.4 Å². The van der Waals surface area contributed by atoms with E-state index in [4.69, 9.17) is 11.6 Å². The van der Waals surface area contributed by atoms with Gasteiger partial charge in [-0.3, -0.25) is 19.3 Å². The van der Waals surface area contributed by atoms with E-state index in [9.17, 15) is 14.4 Å². The number of hydrogen-bond donors (Lipinski definition) is 2. The highest BCUT2D eigenvalue weighted by molar-refractivity contribution is 6.31. The van der Waals surface area contributed by atoms with Gasteiger partial charge in [0.15, 0.2) is 0 Å². The molecule has 2 saturated heterocycles. The number of nitrogens with zero attached hydrogens (tertiary/aromatic N) is 3. The minimum Gasteiger partial charge on any atom is -0.355 e. The topological polar surface area (TPSA) is 94.6 Å². The van der Waals surface area contributed by atoms with E-state index in [0.29, 0.717) is 29.9 Å². The molecule has 0 radical (unpaired) electrons. The predicted octanol–water partition coefficient (Wildman–Crippen LogP) is 3.73. The molecule has 3 amide bonds. The molecule has 3 heterocycles. The summed E-state index contributed by atoms with van der Waals surface area (Å²) in [4.78, 5) is 46.5. The first-order chi connectivity index (χ1) is 16.7. The Labute approximate surface area is 223 Å². The monoisotopic (exact) mass is 533 g/mol. The Morgan fingerprint density at radius 1 is 1.11 bits per heavy atom. The molecule has 36 heavy (non-hydrogen) atoms. The molecule has 2 aromatic rings. The summed E-state index contributed by atoms with van der Waals surface area (Å²) in [5, 5.41) is 6.19. The van der Waals surface area contributed by atoms with E-state index in [1.807, 2.05) is 13.0 Å². The number of carbonyl (C=O) groups is 3. The first-order valence-corrected chi connectivity index (χ1v) is 12.4. The van der Waals surface area contributed by atoms with Gasteiger partial charge in [-0.25, -0.2) is 4.98 Å². The van der Waals surface area contributed by atoms with Crippen molar-refractivity contribution in [1.82, 2.24) is 20.1 Å². The van der Waals surface area contributed by atoms with Crippen molar-refractivity contribution in [2.24, 2.45) is 0 Å². The molecule has 2 fully saturated rings. The number of anilines is 1. The van der Waals surface area contributed by atoms with Gasteiger partial charge in [-0.05, 0) is 62.4 Å². The van der Waals surface area contributed by atoms with Crippen LogP contribution < -0.4 is 10.6 Å². The van der Waals surface area contributed by atoms with E-state index in [2.05, 4.69) is 32.7 Å². The molecule has 194 valence electrons. The second-order valence-corrected chi connectivity index (χ2v) is 9.80. The fraction of sp³-hybridized carbons (Fsp3) is 0.462. The van der Waals surface area contributed by atoms with Crippen molar-refractivity contribution >= 4 is 47.5 Å². The maximum absolute atomic E-state index is 13.2. The van der Waals surface area contributed by atoms with Gasteiger partial charge < -0.3 is 15.5 Å². The van der Waals surface area contributed by atoms with Crippen LogP contribution in [0, 0.1) is 13.8 Å². The van der Waals surface area contributed by atoms with Crippen molar-refractivity contribution in [3.8, 4) is 0 Å². The summed E-state index contributed by atoms with van der Waals surface area (Å²) < 4.78 is 0. The zero-order valence-electron chi connectivity index (χ0n) is 20.8. The summed E-state index contributed by atoms with van der Waals surface area (Å²) in [7, 11) is 1.56. The molecule has 10 heteroatoms. The van der Waals surface area contributed by atoms with E-state index in [0.717, 1.165) is 43.1 Å². The van der Waals surface area contributed by atoms with Gasteiger partial charge in [0.05, 0.1) is 0 Å². The highest BCUT2D eigenvalue weighted by Gasteiger charge is 2.41. The van der Waals surface area contributed by atoms with E-state index in [-0.39, 0.29) is 36.2 Å². The molecule has 0 unspecified atom stereocenters. The van der Waals surface area contributed by atoms with Crippen LogP contribution in [0.15, 0.2) is 30.3 Å². The van der Waals surface area contributed by atoms with E-state index in [1.54, 1.807) is 31.0 Å². The number of aryl methyl sites for hydroxylation is 2. The highest BCUT2D eigenvalue weighted by Crippen LogP contribution is 2.29. The largest absolute Gasteiger partial charge is 0.355 e. The number of piperidine rings is 1. The Balaban J connectivity index is 0.00000361. The SMILES string of the molecule is CNC(=O)c1cc(C)nc(NC(=O)[C@H]2CCC(=O)N2C2CCN(Cc3ccc(Cl)c(C)c3)CC2)c1.Cl. The number of amides is 3. The average Bonchev–Trinajstić information content (AvgIpc) is 3.22. The zero-order chi connectivity index (χ0) is 25.1. The third-order valence-electron chi connectivity index (χ3n) is 6.83. The number of rotatable bonds is 6. The van der Waals surface area contributed by atoms with E-state index < -0.39 is 6.04 Å². The maximum Gasteiger partial charge on any atom is 0.251 e. The molecule has 8 nitrogen and oxygen atoms in total. The molecule has 4 rings (SSSR count). The Bertz CT molecular complexity index is 1130. The van der Waals surface area contributed by atoms with Crippen LogP contribution in [-0.4, -0.2) is 64.7 Å². The minimum atomic E-state index is -0.524. The van der Waals surface area contributed by atoms with Crippen molar-refractivity contribution in [3.05, 3.63) is 57.7 Å². The zero-order valence-corrected chi connectivity index (χ0v) is 22.4. The smallest absolute Gasteiger partial charge is 0.251 e. The number of nitrogens with one attached hydrogen (secondary N) is 2. The van der Waals surface area contributed by atoms with Crippen molar-refractivity contribution in [3.63, 3.8) is 0 Å². The van der Waals surface area contributed by atoms with Crippen LogP contribution in [-0.2, 0) is 16.1 Å². The van der Waals surface area contributed by atoms with Crippen LogP contribution in [0.2, 0.25) is 5.02 Å². The molecular formula is C26H33Cl2N5O3. The summed E-state index contributed by atoms with van der Waals surface area (Å²) in [6.07, 6.45) is 2.51. The molecular weight excluding hydrogens is 501 g/mol. The number of likely N-dealkylation sites (tertiary alicyclic amines) is 2. The summed E-state index contributed by atoms with van der Waals surface area (Å²) in [6, 6.07) is 8.85. The molecule has 0 spiro atoms. The second-order valence-electron chi connectivity index (χ2n) is 9.40. The Morgan fingerprint density at radius 3 is 2.50 bits per heavy atom. The van der Waals surface area contributed by atoms with Gasteiger partial charge in [-0.15, -0.1) is 12.4 Å². The fourth-order valence-corrected chi connectivity index (χ4v) is 5.17. The second kappa shape index (κ2) is 12.0. The summed E-state index contributed by atoms with van der Waals surface area (Å²) in [5.41, 5.74) is 3.35. The lowest BCUT2D eigenvalue weighted by molar-refractivity contribution is -0.136. The normalized spacial score (nSPS) is 18.6. The maximum atomic E-state index is 13.2. The first kappa shape index (κ1) is 27.9. The third kappa shape index (κ3) is 6.35. The molecule has 0 aliphatic carbocycles. The molecule has 2 aliphatic rings. The summed E-state index contributed by atoms with van der Waals surface area (Å²) >= 11 is 6.15. The third-order valence-corrected chi connectivity index (χ3v) is 7.26. The predicted molar refractivity (Wildman–Crippen MR) is 143 cm³/mol. The standard InChI is InChI=1S/C26H32ClN5O3.ClH/c1-16-12-18(4-5-21(16)27)15-31-10-8-20(9-11-31)32-22(6-7-24(32)33)26(35)30-23-14-19(25(34)28-3)13-17(2)29-23;/h4-5,12-14,20,22H,6-11,15H2,1-3H3,(H,28,34)(H,29,30,35);1H/t22-;/m1./s1. The Morgan fingerprint density at radius 2 is 1.83 bits per heavy atom. The minimum absolute atomic E-state index is 0. The van der Waals surface area contributed by atoms with E-state index in [1.165, 1.54) is 5.56 Å². The number of carbonyl (C=O) groups excluding carboxylic acids is 3. The first-order valence-electron chi connectivity index (χ1n) is 12.1. The molecule has 0 saturated carbocycles. The van der Waals surface area contributed by atoms with Crippen LogP contribution in [0.4, 0.5) is 5.82 Å². The Kier molecular flexibility index (Phi) is 9.33. The lowest BCUT2D eigenvalue weighted by Gasteiger charge is -2.39. The molecule has 0 bridgehead atoms. The highest BCUT2D eigenvalue weighted by atomic mass is 35.5. The lowest BCUT2D eigenvalue weighted by atomic mass is 10.0. The van der Waals surface area contributed by atoms with Gasteiger partial charge in [0, 0.05) is 55.4 Å². The number of halogens is 2. The van der Waals surface area contributed by atoms with Gasteiger partial charge in [-0.1, -0.05) is 23.7 Å². The van der Waals surface area contributed by atoms with Crippen LogP contribution >= 0.6 is 24.0 Å². The summed E-state index contributed by atoms with van der Waals surface area (Å²) in [5.74, 6) is -0.152. The molecule has 2 N–H and O–H groups in total. The van der Waals surface area contributed by atoms with Gasteiger partial charge in [0.25, 0.3) is 5.91 Å². The number of benzene rings is 1. The van der Waals surface area contributed by atoms with E-state index >= 15 is 0 Å². The molecule has 2 aliphatic heterocycles. The van der Waals surface area contributed by atoms with Crippen LogP contribution in [0.25, 0.3) is 0 Å². The fourth-order valence-electron chi connectivity index (χ4n) is 5.05. The van der Waals surface area contributed by atoms with Gasteiger partial charge in [-0.2, -0.15) is 0 Å². The Hall–Kier alpha value is -2.68. The molecule has 1 atom stereocenters. The number of hydrogen-bond acceptors (Lipinski definition) is 5. The van der Waals surface area contributed by atoms with Crippen molar-refractivity contribution in [2.75, 3.05) is 25.5 Å². The quantitative estimate of drug-likeness (QED) is 0.589. The van der Waals surface area contributed by atoms with Crippen LogP contribution in [0.3, 0.4) is 0 Å². The summed E-state index contributed by atoms with van der Waals surface area (Å²) in [6.45, 7) is 6.34. The van der Waals surface area contributed by atoms with Gasteiger partial charge in [0.1, 0.15) is 11.9 Å². The van der Waals surface area contributed by atoms with Gasteiger partial charge >= 0.3 is 0 Å². The molecule has 1 aromatic carbocycles. The lowest BCUT2D eigenvalue weighted by Crippen LogP contribution is -2.51. The average molecular weight is 534 g/mol.